The van der Waals surface area contributed by atoms with E-state index in [9.17, 15) is 13.2 Å². The van der Waals surface area contributed by atoms with Crippen LogP contribution in [0.2, 0.25) is 0 Å². The molecule has 13 heteroatoms. The van der Waals surface area contributed by atoms with Gasteiger partial charge in [-0.3, -0.25) is 14.8 Å². The van der Waals surface area contributed by atoms with Crippen LogP contribution in [0, 0.1) is 0 Å². The summed E-state index contributed by atoms with van der Waals surface area (Å²) in [6, 6.07) is 20.4. The lowest BCUT2D eigenvalue weighted by molar-refractivity contribution is -0.121. The van der Waals surface area contributed by atoms with Gasteiger partial charge in [-0.05, 0) is 59.4 Å². The van der Waals surface area contributed by atoms with E-state index in [0.717, 1.165) is 10.8 Å². The molecule has 38 heavy (non-hydrogen) atoms. The van der Waals surface area contributed by atoms with Gasteiger partial charge in [-0.2, -0.15) is 9.97 Å². The highest BCUT2D eigenvalue weighted by Gasteiger charge is 2.17. The number of benzene rings is 3. The minimum atomic E-state index is -3.97. The van der Waals surface area contributed by atoms with E-state index >= 15 is 0 Å². The van der Waals surface area contributed by atoms with Crippen molar-refractivity contribution in [1.82, 2.24) is 15.3 Å². The smallest absolute Gasteiger partial charge is 0.321 e. The molecule has 4 aromatic rings. The Morgan fingerprint density at radius 2 is 1.66 bits per heavy atom. The van der Waals surface area contributed by atoms with Crippen molar-refractivity contribution in [2.45, 2.75) is 4.90 Å². The number of rotatable bonds is 9. The first kappa shape index (κ1) is 26.6. The van der Waals surface area contributed by atoms with Gasteiger partial charge in [0.2, 0.25) is 5.88 Å². The molecule has 1 amide bonds. The molecule has 0 fully saturated rings. The fourth-order valence-electron chi connectivity index (χ4n) is 3.30. The van der Waals surface area contributed by atoms with E-state index in [1.54, 1.807) is 6.07 Å². The average Bonchev–Trinajstić information content (AvgIpc) is 2.91. The zero-order valence-corrected chi connectivity index (χ0v) is 21.9. The molecule has 3 N–H and O–H groups in total. The molecule has 0 unspecified atom stereocenters. The van der Waals surface area contributed by atoms with E-state index in [4.69, 9.17) is 26.4 Å². The summed E-state index contributed by atoms with van der Waals surface area (Å²) < 4.78 is 43.4. The van der Waals surface area contributed by atoms with Gasteiger partial charge < -0.3 is 19.5 Å². The molecular weight excluding hydrogens is 530 g/mol. The van der Waals surface area contributed by atoms with Crippen LogP contribution in [0.1, 0.15) is 0 Å². The van der Waals surface area contributed by atoms with E-state index in [-0.39, 0.29) is 34.3 Å². The number of fused-ring (bicyclic) bond motifs is 1. The first-order chi connectivity index (χ1) is 18.3. The standard InChI is InChI=1S/C25H23N5O6S2/c1-34-23-14-21(27-24(29-23)35-2)30-38(32,33)20-11-8-18(9-12-20)26-25(37)28-22(31)15-36-19-10-7-16-5-3-4-6-17(16)13-19/h3-14H,15H2,1-2H3,(H,27,29,30)(H2,26,28,31,37). The summed E-state index contributed by atoms with van der Waals surface area (Å²) >= 11 is 5.18. The highest BCUT2D eigenvalue weighted by molar-refractivity contribution is 7.92. The molecule has 1 aromatic heterocycles. The first-order valence-corrected chi connectivity index (χ1v) is 13.0. The van der Waals surface area contributed by atoms with Gasteiger partial charge in [0.1, 0.15) is 5.75 Å². The molecule has 0 saturated carbocycles. The van der Waals surface area contributed by atoms with E-state index in [1.165, 1.54) is 44.6 Å². The Labute approximate surface area is 224 Å². The van der Waals surface area contributed by atoms with Gasteiger partial charge >= 0.3 is 6.01 Å². The summed E-state index contributed by atoms with van der Waals surface area (Å²) in [6.07, 6.45) is 0. The minimum absolute atomic E-state index is 0.0225. The topological polar surface area (TPSA) is 141 Å². The number of carbonyl (C=O) groups is 1. The van der Waals surface area contributed by atoms with Crippen LogP contribution < -0.4 is 29.6 Å². The summed E-state index contributed by atoms with van der Waals surface area (Å²) in [6.45, 7) is -0.235. The Bertz CT molecular complexity index is 1560. The third kappa shape index (κ3) is 6.83. The Kier molecular flexibility index (Phi) is 8.19. The number of amides is 1. The number of nitrogens with one attached hydrogen (secondary N) is 3. The molecule has 0 radical (unpaired) electrons. The molecule has 0 atom stereocenters. The number of sulfonamides is 1. The molecular formula is C25H23N5O6S2. The second-order valence-corrected chi connectivity index (χ2v) is 9.80. The highest BCUT2D eigenvalue weighted by atomic mass is 32.2. The number of aromatic nitrogens is 2. The van der Waals surface area contributed by atoms with Crippen LogP contribution in [0.5, 0.6) is 17.6 Å². The third-order valence-electron chi connectivity index (χ3n) is 5.08. The van der Waals surface area contributed by atoms with E-state index < -0.39 is 15.9 Å². The summed E-state index contributed by atoms with van der Waals surface area (Å²) in [5.41, 5.74) is 0.468. The first-order valence-electron chi connectivity index (χ1n) is 11.1. The highest BCUT2D eigenvalue weighted by Crippen LogP contribution is 2.22. The molecule has 0 aliphatic carbocycles. The second kappa shape index (κ2) is 11.7. The van der Waals surface area contributed by atoms with Crippen LogP contribution in [0.25, 0.3) is 10.8 Å². The van der Waals surface area contributed by atoms with E-state index in [0.29, 0.717) is 11.4 Å². The van der Waals surface area contributed by atoms with Gasteiger partial charge in [0.05, 0.1) is 19.1 Å². The van der Waals surface area contributed by atoms with Gasteiger partial charge in [0, 0.05) is 11.8 Å². The minimum Gasteiger partial charge on any atom is -0.484 e. The number of nitrogens with zero attached hydrogens (tertiary/aromatic N) is 2. The normalized spacial score (nSPS) is 10.9. The van der Waals surface area contributed by atoms with Crippen LogP contribution in [-0.2, 0) is 14.8 Å². The third-order valence-corrected chi connectivity index (χ3v) is 6.65. The largest absolute Gasteiger partial charge is 0.484 e. The van der Waals surface area contributed by atoms with E-state index in [1.807, 2.05) is 36.4 Å². The molecule has 0 aliphatic heterocycles. The number of hydrogen-bond donors (Lipinski definition) is 3. The van der Waals surface area contributed by atoms with Crippen LogP contribution in [0.15, 0.2) is 77.7 Å². The predicted molar refractivity (Wildman–Crippen MR) is 146 cm³/mol. The van der Waals surface area contributed by atoms with Gasteiger partial charge in [-0.1, -0.05) is 30.3 Å². The Morgan fingerprint density at radius 1 is 0.921 bits per heavy atom. The zero-order valence-electron chi connectivity index (χ0n) is 20.3. The molecule has 4 rings (SSSR count). The van der Waals surface area contributed by atoms with Crippen molar-refractivity contribution in [3.05, 3.63) is 72.8 Å². The summed E-state index contributed by atoms with van der Waals surface area (Å²) in [5.74, 6) is 0.217. The molecule has 11 nitrogen and oxygen atoms in total. The SMILES string of the molecule is COc1cc(NS(=O)(=O)c2ccc(NC(=S)NC(=O)COc3ccc4ccccc4c3)cc2)nc(OC)n1. The molecule has 0 aliphatic rings. The average molecular weight is 554 g/mol. The van der Waals surface area contributed by atoms with Crippen molar-refractivity contribution < 1.29 is 27.4 Å². The number of carbonyl (C=O) groups excluding carboxylic acids is 1. The second-order valence-electron chi connectivity index (χ2n) is 7.71. The lowest BCUT2D eigenvalue weighted by Gasteiger charge is -2.12. The van der Waals surface area contributed by atoms with Crippen molar-refractivity contribution in [3.8, 4) is 17.6 Å². The molecule has 1 heterocycles. The van der Waals surface area contributed by atoms with Crippen LogP contribution >= 0.6 is 12.2 Å². The maximum Gasteiger partial charge on any atom is 0.321 e. The number of anilines is 2. The molecule has 0 spiro atoms. The summed E-state index contributed by atoms with van der Waals surface area (Å²) in [4.78, 5) is 20.1. The van der Waals surface area contributed by atoms with Gasteiger partial charge in [-0.15, -0.1) is 0 Å². The van der Waals surface area contributed by atoms with Crippen molar-refractivity contribution in [2.24, 2.45) is 0 Å². The quantitative estimate of drug-likeness (QED) is 0.264. The summed E-state index contributed by atoms with van der Waals surface area (Å²) in [7, 11) is -1.24. The van der Waals surface area contributed by atoms with Crippen LogP contribution in [0.3, 0.4) is 0 Å². The van der Waals surface area contributed by atoms with Crippen LogP contribution in [-0.4, -0.2) is 50.2 Å². The number of methoxy groups -OCH3 is 2. The molecule has 0 bridgehead atoms. The van der Waals surface area contributed by atoms with Crippen LogP contribution in [0.4, 0.5) is 11.5 Å². The lowest BCUT2D eigenvalue weighted by Crippen LogP contribution is -2.37. The summed E-state index contributed by atoms with van der Waals surface area (Å²) in [5, 5.41) is 7.45. The zero-order chi connectivity index (χ0) is 27.1. The van der Waals surface area contributed by atoms with Crippen molar-refractivity contribution >= 4 is 55.5 Å². The van der Waals surface area contributed by atoms with Gasteiger partial charge in [0.15, 0.2) is 17.5 Å². The monoisotopic (exact) mass is 553 g/mol. The fourth-order valence-corrected chi connectivity index (χ4v) is 4.52. The Hall–Kier alpha value is -4.49. The number of thiocarbonyl (C=S) groups is 1. The molecule has 3 aromatic carbocycles. The maximum absolute atomic E-state index is 12.8. The van der Waals surface area contributed by atoms with Crippen molar-refractivity contribution in [1.29, 1.82) is 0 Å². The Balaban J connectivity index is 1.31. The van der Waals surface area contributed by atoms with Crippen molar-refractivity contribution in [2.75, 3.05) is 30.9 Å². The number of ether oxygens (including phenoxy) is 3. The Morgan fingerprint density at radius 3 is 2.37 bits per heavy atom. The van der Waals surface area contributed by atoms with Crippen molar-refractivity contribution in [3.63, 3.8) is 0 Å². The molecule has 196 valence electrons. The van der Waals surface area contributed by atoms with Gasteiger partial charge in [-0.25, -0.2) is 8.42 Å². The van der Waals surface area contributed by atoms with Gasteiger partial charge in [0.25, 0.3) is 15.9 Å². The number of hydrogen-bond acceptors (Lipinski definition) is 9. The van der Waals surface area contributed by atoms with E-state index in [2.05, 4.69) is 25.3 Å². The molecule has 0 saturated heterocycles. The lowest BCUT2D eigenvalue weighted by atomic mass is 10.1. The predicted octanol–water partition coefficient (Wildman–Crippen LogP) is 3.34. The maximum atomic E-state index is 12.8. The fraction of sp³-hybridized carbons (Fsp3) is 0.120.